The van der Waals surface area contributed by atoms with Crippen LogP contribution in [0.3, 0.4) is 0 Å². The molecule has 1 aliphatic carbocycles. The van der Waals surface area contributed by atoms with E-state index in [1.165, 1.54) is 49.7 Å². The molecule has 4 heteroatoms. The number of furan rings is 1. The van der Waals surface area contributed by atoms with E-state index >= 15 is 0 Å². The largest absolute Gasteiger partial charge is 0.472 e. The zero-order valence-corrected chi connectivity index (χ0v) is 23.8. The maximum atomic E-state index is 14.0. The van der Waals surface area contributed by atoms with E-state index in [9.17, 15) is 4.79 Å². The fourth-order valence-electron chi connectivity index (χ4n) is 6.21. The Morgan fingerprint density at radius 2 is 1.71 bits per heavy atom. The van der Waals surface area contributed by atoms with Gasteiger partial charge in [-0.2, -0.15) is 0 Å². The summed E-state index contributed by atoms with van der Waals surface area (Å²) in [6.07, 6.45) is 17.6. The lowest BCUT2D eigenvalue weighted by atomic mass is 9.79. The zero-order chi connectivity index (χ0) is 26.6. The van der Waals surface area contributed by atoms with Crippen molar-refractivity contribution in [3.63, 3.8) is 0 Å². The van der Waals surface area contributed by atoms with Crippen LogP contribution in [-0.2, 0) is 17.9 Å². The van der Waals surface area contributed by atoms with Gasteiger partial charge in [0.1, 0.15) is 0 Å². The topological polar surface area (TPSA) is 36.7 Å². The van der Waals surface area contributed by atoms with Crippen LogP contribution in [0, 0.1) is 23.7 Å². The Hall–Kier alpha value is -2.51. The Morgan fingerprint density at radius 3 is 2.37 bits per heavy atom. The zero-order valence-electron chi connectivity index (χ0n) is 23.8. The highest BCUT2D eigenvalue weighted by Gasteiger charge is 2.34. The summed E-state index contributed by atoms with van der Waals surface area (Å²) >= 11 is 0. The summed E-state index contributed by atoms with van der Waals surface area (Å²) < 4.78 is 5.26. The average molecular weight is 517 g/mol. The second kappa shape index (κ2) is 15.2. The molecule has 1 saturated carbocycles. The summed E-state index contributed by atoms with van der Waals surface area (Å²) in [6, 6.07) is 11.0. The summed E-state index contributed by atoms with van der Waals surface area (Å²) in [5.74, 6) is 7.93. The van der Waals surface area contributed by atoms with E-state index in [1.54, 1.807) is 6.26 Å². The number of amides is 1. The molecule has 0 spiro atoms. The summed E-state index contributed by atoms with van der Waals surface area (Å²) in [6.45, 7) is 8.12. The fraction of sp³-hybridized carbons (Fsp3) is 0.618. The van der Waals surface area contributed by atoms with Crippen molar-refractivity contribution >= 4 is 5.91 Å². The molecule has 0 unspecified atom stereocenters. The van der Waals surface area contributed by atoms with Gasteiger partial charge in [-0.15, -0.1) is 0 Å². The first-order valence-corrected chi connectivity index (χ1v) is 15.3. The predicted octanol–water partition coefficient (Wildman–Crippen LogP) is 7.81. The van der Waals surface area contributed by atoms with Gasteiger partial charge in [-0.1, -0.05) is 63.5 Å². The average Bonchev–Trinajstić information content (AvgIpc) is 3.46. The standard InChI is InChI=1S/C34H48N2O2/c1-3-5-7-9-28-11-13-30(14-12-28)26-36(33-19-22-35(23-20-33)25-31-21-24-38-27-31)34(37)32-17-15-29(16-18-32)10-8-6-4-2/h11-14,21,24,27,29,32-33H,3-6,8,10,15-20,22-23,25-26H2,1-2H3. The highest BCUT2D eigenvalue weighted by Crippen LogP contribution is 2.34. The molecular weight excluding hydrogens is 468 g/mol. The summed E-state index contributed by atoms with van der Waals surface area (Å²) in [4.78, 5) is 18.8. The van der Waals surface area contributed by atoms with E-state index in [0.29, 0.717) is 18.5 Å². The van der Waals surface area contributed by atoms with E-state index in [2.05, 4.69) is 65.8 Å². The maximum Gasteiger partial charge on any atom is 0.226 e. The van der Waals surface area contributed by atoms with Crippen LogP contribution < -0.4 is 0 Å². The molecule has 2 aromatic rings. The predicted molar refractivity (Wildman–Crippen MR) is 155 cm³/mol. The van der Waals surface area contributed by atoms with Crippen LogP contribution in [0.4, 0.5) is 0 Å². The van der Waals surface area contributed by atoms with Gasteiger partial charge in [0.05, 0.1) is 12.5 Å². The number of hydrogen-bond acceptors (Lipinski definition) is 3. The second-order valence-electron chi connectivity index (χ2n) is 11.6. The molecule has 4 nitrogen and oxygen atoms in total. The Balaban J connectivity index is 1.39. The molecule has 4 rings (SSSR count). The van der Waals surface area contributed by atoms with E-state index in [0.717, 1.165) is 69.6 Å². The van der Waals surface area contributed by atoms with E-state index in [4.69, 9.17) is 4.42 Å². The smallest absolute Gasteiger partial charge is 0.226 e. The summed E-state index contributed by atoms with van der Waals surface area (Å²) in [5.41, 5.74) is 3.51. The Morgan fingerprint density at radius 1 is 0.947 bits per heavy atom. The number of likely N-dealkylation sites (tertiary alicyclic amines) is 1. The van der Waals surface area contributed by atoms with Crippen LogP contribution in [0.2, 0.25) is 0 Å². The normalized spacial score (nSPS) is 20.6. The highest BCUT2D eigenvalue weighted by molar-refractivity contribution is 5.79. The van der Waals surface area contributed by atoms with Crippen molar-refractivity contribution < 1.29 is 9.21 Å². The second-order valence-corrected chi connectivity index (χ2v) is 11.6. The van der Waals surface area contributed by atoms with E-state index in [-0.39, 0.29) is 5.92 Å². The number of nitrogens with zero attached hydrogens (tertiary/aromatic N) is 2. The molecule has 1 aliphatic heterocycles. The molecule has 1 amide bonds. The first kappa shape index (κ1) is 28.5. The molecule has 0 atom stereocenters. The molecule has 38 heavy (non-hydrogen) atoms. The number of unbranched alkanes of at least 4 members (excludes halogenated alkanes) is 3. The van der Waals surface area contributed by atoms with Gasteiger partial charge < -0.3 is 9.32 Å². The number of piperidine rings is 1. The molecule has 206 valence electrons. The van der Waals surface area contributed by atoms with Gasteiger partial charge in [0.2, 0.25) is 5.91 Å². The third-order valence-corrected chi connectivity index (χ3v) is 8.59. The van der Waals surface area contributed by atoms with Crippen LogP contribution >= 0.6 is 0 Å². The monoisotopic (exact) mass is 516 g/mol. The highest BCUT2D eigenvalue weighted by atomic mass is 16.3. The number of carbonyl (C=O) groups excluding carboxylic acids is 1. The van der Waals surface area contributed by atoms with Crippen LogP contribution in [0.1, 0.15) is 108 Å². The minimum atomic E-state index is 0.195. The van der Waals surface area contributed by atoms with E-state index < -0.39 is 0 Å². The van der Waals surface area contributed by atoms with Gasteiger partial charge in [-0.05, 0) is 74.6 Å². The Bertz CT molecular complexity index is 1000. The third kappa shape index (κ3) is 8.50. The molecule has 1 aromatic carbocycles. The quantitative estimate of drug-likeness (QED) is 0.226. The van der Waals surface area contributed by atoms with E-state index in [1.807, 2.05) is 6.26 Å². The first-order valence-electron chi connectivity index (χ1n) is 15.3. The van der Waals surface area contributed by atoms with Crippen LogP contribution in [-0.4, -0.2) is 34.8 Å². The lowest BCUT2D eigenvalue weighted by Gasteiger charge is -2.41. The first-order chi connectivity index (χ1) is 18.7. The SMILES string of the molecule is CCCC#Cc1ccc(CN(C(=O)C2CCC(CCCCC)CC2)C2CCN(Cc3ccoc3)CC2)cc1. The van der Waals surface area contributed by atoms with Crippen molar-refractivity contribution in [2.45, 2.75) is 110 Å². The fourth-order valence-corrected chi connectivity index (χ4v) is 6.21. The van der Waals surface area contributed by atoms with Gasteiger partial charge in [0.25, 0.3) is 0 Å². The van der Waals surface area contributed by atoms with Crippen molar-refractivity contribution in [3.8, 4) is 11.8 Å². The van der Waals surface area contributed by atoms with Gasteiger partial charge in [0, 0.05) is 55.7 Å². The number of rotatable bonds is 11. The molecule has 2 heterocycles. The van der Waals surface area contributed by atoms with Crippen molar-refractivity contribution in [2.75, 3.05) is 13.1 Å². The lowest BCUT2D eigenvalue weighted by molar-refractivity contribution is -0.141. The van der Waals surface area contributed by atoms with Crippen molar-refractivity contribution in [1.29, 1.82) is 0 Å². The summed E-state index contributed by atoms with van der Waals surface area (Å²) in [7, 11) is 0. The van der Waals surface area contributed by atoms with Gasteiger partial charge in [-0.3, -0.25) is 9.69 Å². The van der Waals surface area contributed by atoms with Gasteiger partial charge in [-0.25, -0.2) is 0 Å². The summed E-state index contributed by atoms with van der Waals surface area (Å²) in [5, 5.41) is 0. The number of hydrogen-bond donors (Lipinski definition) is 0. The Labute approximate surface area is 231 Å². The lowest BCUT2D eigenvalue weighted by Crippen LogP contribution is -2.49. The van der Waals surface area contributed by atoms with Gasteiger partial charge in [0.15, 0.2) is 0 Å². The van der Waals surface area contributed by atoms with Crippen LogP contribution in [0.15, 0.2) is 47.3 Å². The molecule has 0 bridgehead atoms. The minimum Gasteiger partial charge on any atom is -0.472 e. The third-order valence-electron chi connectivity index (χ3n) is 8.59. The van der Waals surface area contributed by atoms with Crippen molar-refractivity contribution in [2.24, 2.45) is 11.8 Å². The Kier molecular flexibility index (Phi) is 11.4. The molecule has 2 fully saturated rings. The number of carbonyl (C=O) groups is 1. The van der Waals surface area contributed by atoms with Crippen molar-refractivity contribution in [3.05, 3.63) is 59.5 Å². The van der Waals surface area contributed by atoms with Gasteiger partial charge >= 0.3 is 0 Å². The molecule has 0 N–H and O–H groups in total. The maximum absolute atomic E-state index is 14.0. The minimum absolute atomic E-state index is 0.195. The molecular formula is C34H48N2O2. The molecule has 1 saturated heterocycles. The van der Waals surface area contributed by atoms with Crippen LogP contribution in [0.25, 0.3) is 0 Å². The molecule has 2 aliphatic rings. The van der Waals surface area contributed by atoms with Crippen molar-refractivity contribution in [1.82, 2.24) is 9.80 Å². The number of benzene rings is 1. The molecule has 1 aromatic heterocycles. The molecule has 0 radical (unpaired) electrons. The van der Waals surface area contributed by atoms with Crippen LogP contribution in [0.5, 0.6) is 0 Å².